The number of Topliss-reactive ketones (excluding diaryl/α,β-unsaturated/α-hetero) is 1. The fourth-order valence-corrected chi connectivity index (χ4v) is 1.69. The van der Waals surface area contributed by atoms with E-state index in [1.807, 2.05) is 31.2 Å². The summed E-state index contributed by atoms with van der Waals surface area (Å²) in [6, 6.07) is 7.76. The van der Waals surface area contributed by atoms with Crippen LogP contribution in [0.1, 0.15) is 28.8 Å². The van der Waals surface area contributed by atoms with E-state index in [0.29, 0.717) is 6.54 Å². The smallest absolute Gasteiger partial charge is 0.176 e. The molecule has 0 unspecified atom stereocenters. The molecule has 2 rings (SSSR count). The van der Waals surface area contributed by atoms with Crippen LogP contribution in [0.3, 0.4) is 0 Å². The van der Waals surface area contributed by atoms with Gasteiger partial charge in [0.25, 0.3) is 0 Å². The lowest BCUT2D eigenvalue weighted by Gasteiger charge is -2.05. The maximum atomic E-state index is 11.8. The van der Waals surface area contributed by atoms with Crippen molar-refractivity contribution < 1.29 is 4.79 Å². The van der Waals surface area contributed by atoms with E-state index in [4.69, 9.17) is 0 Å². The van der Waals surface area contributed by atoms with Crippen LogP contribution in [-0.4, -0.2) is 18.9 Å². The zero-order valence-corrected chi connectivity index (χ0v) is 9.12. The number of rotatable bonds is 5. The Morgan fingerprint density at radius 2 is 2.13 bits per heavy atom. The molecule has 0 atom stereocenters. The number of carbonyl (C=O) groups is 1. The molecule has 0 amide bonds. The standard InChI is InChI=1S/C13H17NO/c1-10-4-2-3-5-12(10)13(15)9-14-8-11-6-7-11/h2-5,11,14H,6-9H2,1H3. The minimum Gasteiger partial charge on any atom is -0.309 e. The fourth-order valence-electron chi connectivity index (χ4n) is 1.69. The number of ketones is 1. The number of hydrogen-bond donors (Lipinski definition) is 1. The third-order valence-electron chi connectivity index (χ3n) is 2.86. The van der Waals surface area contributed by atoms with Crippen molar-refractivity contribution in [1.29, 1.82) is 0 Å². The van der Waals surface area contributed by atoms with E-state index >= 15 is 0 Å². The van der Waals surface area contributed by atoms with Gasteiger partial charge in [-0.15, -0.1) is 0 Å². The van der Waals surface area contributed by atoms with Gasteiger partial charge in [-0.3, -0.25) is 4.79 Å². The Bertz CT molecular complexity index is 355. The van der Waals surface area contributed by atoms with Crippen LogP contribution in [0.4, 0.5) is 0 Å². The first-order chi connectivity index (χ1) is 7.27. The van der Waals surface area contributed by atoms with Gasteiger partial charge in [-0.2, -0.15) is 0 Å². The van der Waals surface area contributed by atoms with E-state index in [1.165, 1.54) is 12.8 Å². The summed E-state index contributed by atoms with van der Waals surface area (Å²) in [6.07, 6.45) is 2.65. The van der Waals surface area contributed by atoms with Crippen molar-refractivity contribution in [3.8, 4) is 0 Å². The zero-order valence-electron chi connectivity index (χ0n) is 9.12. The van der Waals surface area contributed by atoms with E-state index in [0.717, 1.165) is 23.6 Å². The summed E-state index contributed by atoms with van der Waals surface area (Å²) in [6.45, 7) is 3.45. The number of benzene rings is 1. The van der Waals surface area contributed by atoms with Gasteiger partial charge in [0.1, 0.15) is 0 Å². The summed E-state index contributed by atoms with van der Waals surface area (Å²) in [4.78, 5) is 11.8. The summed E-state index contributed by atoms with van der Waals surface area (Å²) in [5.41, 5.74) is 1.91. The molecule has 1 fully saturated rings. The Labute approximate surface area is 90.7 Å². The van der Waals surface area contributed by atoms with E-state index in [9.17, 15) is 4.79 Å². The summed E-state index contributed by atoms with van der Waals surface area (Å²) >= 11 is 0. The summed E-state index contributed by atoms with van der Waals surface area (Å²) in [5, 5.41) is 3.22. The second-order valence-electron chi connectivity index (χ2n) is 4.31. The van der Waals surface area contributed by atoms with Gasteiger partial charge >= 0.3 is 0 Å². The number of carbonyl (C=O) groups excluding carboxylic acids is 1. The van der Waals surface area contributed by atoms with Gasteiger partial charge in [-0.25, -0.2) is 0 Å². The highest BCUT2D eigenvalue weighted by Crippen LogP contribution is 2.27. The molecule has 1 aromatic rings. The van der Waals surface area contributed by atoms with Crippen molar-refractivity contribution in [3.05, 3.63) is 35.4 Å². The van der Waals surface area contributed by atoms with Crippen LogP contribution in [-0.2, 0) is 0 Å². The Hall–Kier alpha value is -1.15. The summed E-state index contributed by atoms with van der Waals surface area (Å²) in [7, 11) is 0. The van der Waals surface area contributed by atoms with Gasteiger partial charge in [0, 0.05) is 5.56 Å². The van der Waals surface area contributed by atoms with Crippen molar-refractivity contribution in [3.63, 3.8) is 0 Å². The Balaban J connectivity index is 1.86. The van der Waals surface area contributed by atoms with Gasteiger partial charge in [0.05, 0.1) is 6.54 Å². The number of nitrogens with one attached hydrogen (secondary N) is 1. The van der Waals surface area contributed by atoms with Gasteiger partial charge in [-0.05, 0) is 37.8 Å². The first-order valence-corrected chi connectivity index (χ1v) is 5.57. The minimum absolute atomic E-state index is 0.203. The molecule has 1 aliphatic carbocycles. The second-order valence-corrected chi connectivity index (χ2v) is 4.31. The van der Waals surface area contributed by atoms with Crippen LogP contribution >= 0.6 is 0 Å². The molecule has 0 saturated heterocycles. The quantitative estimate of drug-likeness (QED) is 0.743. The third-order valence-corrected chi connectivity index (χ3v) is 2.86. The lowest BCUT2D eigenvalue weighted by Crippen LogP contribution is -2.25. The van der Waals surface area contributed by atoms with Gasteiger partial charge in [0.15, 0.2) is 5.78 Å². The Morgan fingerprint density at radius 3 is 2.80 bits per heavy atom. The maximum Gasteiger partial charge on any atom is 0.176 e. The van der Waals surface area contributed by atoms with Gasteiger partial charge in [0.2, 0.25) is 0 Å². The molecular formula is C13H17NO. The van der Waals surface area contributed by atoms with Crippen LogP contribution in [0.15, 0.2) is 24.3 Å². The van der Waals surface area contributed by atoms with E-state index in [1.54, 1.807) is 0 Å². The highest BCUT2D eigenvalue weighted by molar-refractivity contribution is 5.98. The van der Waals surface area contributed by atoms with Crippen molar-refractivity contribution in [1.82, 2.24) is 5.32 Å². The lowest BCUT2D eigenvalue weighted by atomic mass is 10.1. The van der Waals surface area contributed by atoms with E-state index in [2.05, 4.69) is 5.32 Å². The molecular weight excluding hydrogens is 186 g/mol. The van der Waals surface area contributed by atoms with Gasteiger partial charge < -0.3 is 5.32 Å². The largest absolute Gasteiger partial charge is 0.309 e. The van der Waals surface area contributed by atoms with Crippen LogP contribution in [0.2, 0.25) is 0 Å². The molecule has 1 N–H and O–H groups in total. The van der Waals surface area contributed by atoms with E-state index < -0.39 is 0 Å². The van der Waals surface area contributed by atoms with Crippen molar-refractivity contribution in [2.75, 3.05) is 13.1 Å². The van der Waals surface area contributed by atoms with Crippen LogP contribution in [0.25, 0.3) is 0 Å². The molecule has 1 aromatic carbocycles. The molecule has 0 heterocycles. The monoisotopic (exact) mass is 203 g/mol. The average Bonchev–Trinajstić information content (AvgIpc) is 3.02. The predicted molar refractivity (Wildman–Crippen MR) is 61.1 cm³/mol. The van der Waals surface area contributed by atoms with Crippen molar-refractivity contribution in [2.45, 2.75) is 19.8 Å². The maximum absolute atomic E-state index is 11.8. The van der Waals surface area contributed by atoms with Crippen LogP contribution in [0, 0.1) is 12.8 Å². The Kier molecular flexibility index (Phi) is 3.17. The fraction of sp³-hybridized carbons (Fsp3) is 0.462. The molecule has 0 spiro atoms. The SMILES string of the molecule is Cc1ccccc1C(=O)CNCC1CC1. The Morgan fingerprint density at radius 1 is 1.40 bits per heavy atom. The summed E-state index contributed by atoms with van der Waals surface area (Å²) in [5.74, 6) is 1.03. The van der Waals surface area contributed by atoms with Gasteiger partial charge in [-0.1, -0.05) is 24.3 Å². The number of aryl methyl sites for hydroxylation is 1. The average molecular weight is 203 g/mol. The predicted octanol–water partition coefficient (Wildman–Crippen LogP) is 2.18. The molecule has 2 heteroatoms. The van der Waals surface area contributed by atoms with Crippen molar-refractivity contribution in [2.24, 2.45) is 5.92 Å². The topological polar surface area (TPSA) is 29.1 Å². The summed E-state index contributed by atoms with van der Waals surface area (Å²) < 4.78 is 0. The number of hydrogen-bond acceptors (Lipinski definition) is 2. The first kappa shape index (κ1) is 10.4. The van der Waals surface area contributed by atoms with E-state index in [-0.39, 0.29) is 5.78 Å². The van der Waals surface area contributed by atoms with Crippen LogP contribution < -0.4 is 5.32 Å². The molecule has 0 aliphatic heterocycles. The highest BCUT2D eigenvalue weighted by Gasteiger charge is 2.20. The molecule has 0 aromatic heterocycles. The second kappa shape index (κ2) is 4.58. The first-order valence-electron chi connectivity index (χ1n) is 5.57. The molecule has 80 valence electrons. The molecule has 2 nitrogen and oxygen atoms in total. The molecule has 0 radical (unpaired) electrons. The van der Waals surface area contributed by atoms with Crippen molar-refractivity contribution >= 4 is 5.78 Å². The molecule has 15 heavy (non-hydrogen) atoms. The zero-order chi connectivity index (χ0) is 10.7. The molecule has 1 saturated carbocycles. The molecule has 1 aliphatic rings. The highest BCUT2D eigenvalue weighted by atomic mass is 16.1. The third kappa shape index (κ3) is 2.90. The molecule has 0 bridgehead atoms. The normalized spacial score (nSPS) is 15.3. The minimum atomic E-state index is 0.203. The van der Waals surface area contributed by atoms with Crippen LogP contribution in [0.5, 0.6) is 0 Å². The lowest BCUT2D eigenvalue weighted by molar-refractivity contribution is 0.0990.